The SMILES string of the molecule is CCCCOC(=O)C(CCOS(=O)(=O)c1ccc(C)cc1)OS(=O)(=O)c1ccc(C)cc1. The molecule has 0 saturated heterocycles. The van der Waals surface area contributed by atoms with Crippen molar-refractivity contribution in [2.45, 2.75) is 55.9 Å². The predicted octanol–water partition coefficient (Wildman–Crippen LogP) is 3.52. The lowest BCUT2D eigenvalue weighted by Crippen LogP contribution is -2.31. The summed E-state index contributed by atoms with van der Waals surface area (Å²) >= 11 is 0. The van der Waals surface area contributed by atoms with Crippen LogP contribution < -0.4 is 0 Å². The fourth-order valence-electron chi connectivity index (χ4n) is 2.57. The molecule has 0 radical (unpaired) electrons. The van der Waals surface area contributed by atoms with Gasteiger partial charge in [-0.3, -0.25) is 8.37 Å². The summed E-state index contributed by atoms with van der Waals surface area (Å²) in [7, 11) is -8.36. The molecule has 176 valence electrons. The molecule has 0 spiro atoms. The van der Waals surface area contributed by atoms with E-state index in [1.54, 1.807) is 31.2 Å². The monoisotopic (exact) mass is 484 g/mol. The van der Waals surface area contributed by atoms with Crippen LogP contribution in [0.1, 0.15) is 37.3 Å². The van der Waals surface area contributed by atoms with Gasteiger partial charge in [0.1, 0.15) is 0 Å². The number of benzene rings is 2. The molecule has 0 saturated carbocycles. The van der Waals surface area contributed by atoms with Crippen molar-refractivity contribution in [3.05, 3.63) is 59.7 Å². The van der Waals surface area contributed by atoms with Gasteiger partial charge in [-0.2, -0.15) is 16.8 Å². The Labute approximate surface area is 189 Å². The minimum absolute atomic E-state index is 0.0432. The third kappa shape index (κ3) is 7.70. The van der Waals surface area contributed by atoms with E-state index in [-0.39, 0.29) is 22.8 Å². The average molecular weight is 485 g/mol. The van der Waals surface area contributed by atoms with E-state index in [4.69, 9.17) is 13.1 Å². The lowest BCUT2D eigenvalue weighted by atomic mass is 10.2. The number of rotatable bonds is 12. The van der Waals surface area contributed by atoms with Gasteiger partial charge in [0.25, 0.3) is 20.2 Å². The smallest absolute Gasteiger partial charge is 0.336 e. The number of ether oxygens (including phenoxy) is 1. The zero-order valence-electron chi connectivity index (χ0n) is 18.3. The first-order valence-electron chi connectivity index (χ1n) is 10.2. The van der Waals surface area contributed by atoms with E-state index in [9.17, 15) is 21.6 Å². The number of hydrogen-bond acceptors (Lipinski definition) is 8. The highest BCUT2D eigenvalue weighted by Gasteiger charge is 2.29. The van der Waals surface area contributed by atoms with Crippen LogP contribution in [0.2, 0.25) is 0 Å². The molecule has 2 rings (SSSR count). The van der Waals surface area contributed by atoms with Crippen molar-refractivity contribution in [1.82, 2.24) is 0 Å². The quantitative estimate of drug-likeness (QED) is 0.255. The Kier molecular flexibility index (Phi) is 9.38. The summed E-state index contributed by atoms with van der Waals surface area (Å²) in [6.07, 6.45) is -0.507. The molecule has 10 heteroatoms. The van der Waals surface area contributed by atoms with E-state index in [0.29, 0.717) is 6.42 Å². The molecule has 0 N–H and O–H groups in total. The third-order valence-electron chi connectivity index (χ3n) is 4.49. The molecule has 2 aromatic rings. The molecule has 1 atom stereocenters. The Morgan fingerprint density at radius 3 is 1.81 bits per heavy atom. The molecule has 0 bridgehead atoms. The van der Waals surface area contributed by atoms with Gasteiger partial charge in [-0.25, -0.2) is 4.79 Å². The average Bonchev–Trinajstić information content (AvgIpc) is 2.73. The summed E-state index contributed by atoms with van der Waals surface area (Å²) in [6, 6.07) is 12.0. The summed E-state index contributed by atoms with van der Waals surface area (Å²) in [4.78, 5) is 12.3. The van der Waals surface area contributed by atoms with Crippen molar-refractivity contribution in [2.75, 3.05) is 13.2 Å². The fraction of sp³-hybridized carbons (Fsp3) is 0.409. The van der Waals surface area contributed by atoms with Crippen molar-refractivity contribution in [3.8, 4) is 0 Å². The Bertz CT molecular complexity index is 1090. The van der Waals surface area contributed by atoms with Gasteiger partial charge < -0.3 is 4.74 Å². The first-order valence-corrected chi connectivity index (χ1v) is 13.0. The molecule has 1 unspecified atom stereocenters. The van der Waals surface area contributed by atoms with Gasteiger partial charge >= 0.3 is 5.97 Å². The van der Waals surface area contributed by atoms with Crippen LogP contribution in [0.3, 0.4) is 0 Å². The van der Waals surface area contributed by atoms with E-state index in [1.807, 2.05) is 13.8 Å². The maximum atomic E-state index is 12.6. The van der Waals surface area contributed by atoms with Crippen LogP contribution in [-0.4, -0.2) is 42.1 Å². The molecule has 0 aliphatic carbocycles. The Hall–Kier alpha value is -2.27. The maximum Gasteiger partial charge on any atom is 0.336 e. The van der Waals surface area contributed by atoms with Crippen molar-refractivity contribution < 1.29 is 34.7 Å². The normalized spacial score (nSPS) is 13.0. The van der Waals surface area contributed by atoms with E-state index in [2.05, 4.69) is 0 Å². The van der Waals surface area contributed by atoms with E-state index in [1.165, 1.54) is 24.3 Å². The highest BCUT2D eigenvalue weighted by atomic mass is 32.2. The summed E-state index contributed by atoms with van der Waals surface area (Å²) in [5, 5.41) is 0. The molecule has 0 fully saturated rings. The number of unbranched alkanes of at least 4 members (excludes halogenated alkanes) is 1. The molecule has 2 aromatic carbocycles. The van der Waals surface area contributed by atoms with Crippen LogP contribution in [0.5, 0.6) is 0 Å². The summed E-state index contributed by atoms with van der Waals surface area (Å²) in [6.45, 7) is 5.16. The molecular weight excluding hydrogens is 456 g/mol. The Morgan fingerprint density at radius 2 is 1.31 bits per heavy atom. The highest BCUT2D eigenvalue weighted by molar-refractivity contribution is 7.87. The molecule has 0 amide bonds. The molecule has 0 aromatic heterocycles. The van der Waals surface area contributed by atoms with E-state index in [0.717, 1.165) is 17.5 Å². The van der Waals surface area contributed by atoms with Crippen LogP contribution in [0, 0.1) is 13.8 Å². The largest absolute Gasteiger partial charge is 0.464 e. The number of hydrogen-bond donors (Lipinski definition) is 0. The number of aryl methyl sites for hydroxylation is 2. The van der Waals surface area contributed by atoms with Gasteiger partial charge in [0.05, 0.1) is 23.0 Å². The molecule has 8 nitrogen and oxygen atoms in total. The van der Waals surface area contributed by atoms with Gasteiger partial charge in [-0.15, -0.1) is 0 Å². The van der Waals surface area contributed by atoms with Gasteiger partial charge in [-0.05, 0) is 44.5 Å². The second-order valence-corrected chi connectivity index (χ2v) is 10.4. The second kappa shape index (κ2) is 11.6. The summed E-state index contributed by atoms with van der Waals surface area (Å²) < 4.78 is 65.1. The van der Waals surface area contributed by atoms with Crippen LogP contribution in [0.4, 0.5) is 0 Å². The van der Waals surface area contributed by atoms with E-state index < -0.39 is 38.9 Å². The number of carbonyl (C=O) groups excluding carboxylic acids is 1. The minimum Gasteiger partial charge on any atom is -0.464 e. The van der Waals surface area contributed by atoms with Crippen LogP contribution >= 0.6 is 0 Å². The van der Waals surface area contributed by atoms with Crippen molar-refractivity contribution in [3.63, 3.8) is 0 Å². The third-order valence-corrected chi connectivity index (χ3v) is 7.15. The van der Waals surface area contributed by atoms with Gasteiger partial charge in [0, 0.05) is 6.42 Å². The fourth-order valence-corrected chi connectivity index (χ4v) is 4.55. The number of esters is 1. The van der Waals surface area contributed by atoms with Crippen LogP contribution in [0.15, 0.2) is 58.3 Å². The predicted molar refractivity (Wildman–Crippen MR) is 118 cm³/mol. The lowest BCUT2D eigenvalue weighted by Gasteiger charge is -2.17. The van der Waals surface area contributed by atoms with Gasteiger partial charge in [0.2, 0.25) is 0 Å². The molecular formula is C22H28O8S2. The van der Waals surface area contributed by atoms with Gasteiger partial charge in [-0.1, -0.05) is 48.7 Å². The van der Waals surface area contributed by atoms with Crippen molar-refractivity contribution in [1.29, 1.82) is 0 Å². The number of carbonyl (C=O) groups is 1. The van der Waals surface area contributed by atoms with Crippen LogP contribution in [0.25, 0.3) is 0 Å². The first kappa shape index (κ1) is 26.0. The Morgan fingerprint density at radius 1 is 0.812 bits per heavy atom. The minimum atomic E-state index is -4.28. The maximum absolute atomic E-state index is 12.6. The van der Waals surface area contributed by atoms with E-state index >= 15 is 0 Å². The lowest BCUT2D eigenvalue weighted by molar-refractivity contribution is -0.152. The zero-order chi connectivity index (χ0) is 23.8. The van der Waals surface area contributed by atoms with Crippen molar-refractivity contribution >= 4 is 26.2 Å². The topological polar surface area (TPSA) is 113 Å². The van der Waals surface area contributed by atoms with Gasteiger partial charge in [0.15, 0.2) is 6.10 Å². The second-order valence-electron chi connectivity index (χ2n) is 7.25. The molecule has 0 heterocycles. The summed E-state index contributed by atoms with van der Waals surface area (Å²) in [5.74, 6) is -0.898. The highest BCUT2D eigenvalue weighted by Crippen LogP contribution is 2.19. The van der Waals surface area contributed by atoms with Crippen LogP contribution in [-0.2, 0) is 38.1 Å². The first-order chi connectivity index (χ1) is 15.0. The zero-order valence-corrected chi connectivity index (χ0v) is 19.9. The molecule has 0 aliphatic rings. The standard InChI is InChI=1S/C22H28O8S2/c1-4-5-15-28-22(23)21(30-32(26,27)20-12-8-18(3)9-13-20)14-16-29-31(24,25)19-10-6-17(2)7-11-19/h6-13,21H,4-5,14-16H2,1-3H3. The van der Waals surface area contributed by atoms with Crippen molar-refractivity contribution in [2.24, 2.45) is 0 Å². The summed E-state index contributed by atoms with van der Waals surface area (Å²) in [5.41, 5.74) is 1.74. The Balaban J connectivity index is 2.11. The molecule has 32 heavy (non-hydrogen) atoms. The molecule has 0 aliphatic heterocycles.